The van der Waals surface area contributed by atoms with Gasteiger partial charge in [0.15, 0.2) is 5.82 Å². The van der Waals surface area contributed by atoms with Crippen LogP contribution in [0.5, 0.6) is 0 Å². The predicted molar refractivity (Wildman–Crippen MR) is 239 cm³/mol. The molecule has 1 aromatic heterocycles. The topological polar surface area (TPSA) is 25.8 Å². The van der Waals surface area contributed by atoms with Crippen molar-refractivity contribution >= 4 is 32.3 Å². The molecule has 1 aliphatic carbocycles. The molecule has 1 aliphatic rings. The summed E-state index contributed by atoms with van der Waals surface area (Å²) in [6.07, 6.45) is 0. The van der Waals surface area contributed by atoms with Crippen LogP contribution in [0.3, 0.4) is 0 Å². The SMILES string of the molecule is CC1(C)c2c(cccc2-c2ccc(-c3cc(-c4ccccc4-c4ccccc4)nc(-c4cccc5ccccc45)n3)c3ccccc23)-c2ccc3ccccc3c21. The zero-order valence-corrected chi connectivity index (χ0v) is 31.9. The van der Waals surface area contributed by atoms with E-state index >= 15 is 0 Å². The highest BCUT2D eigenvalue weighted by Gasteiger charge is 2.39. The fraction of sp³-hybridized carbons (Fsp3) is 0.0545. The van der Waals surface area contributed by atoms with Gasteiger partial charge in [0.2, 0.25) is 0 Å². The Bertz CT molecular complexity index is 3210. The first-order chi connectivity index (χ1) is 28.0. The molecule has 10 aromatic rings. The van der Waals surface area contributed by atoms with E-state index in [1.54, 1.807) is 0 Å². The molecule has 2 heteroatoms. The molecule has 9 aromatic carbocycles. The molecule has 0 radical (unpaired) electrons. The lowest BCUT2D eigenvalue weighted by Gasteiger charge is -2.26. The van der Waals surface area contributed by atoms with Crippen molar-refractivity contribution in [3.8, 4) is 67.3 Å². The molecular weight excluding hydrogens is 689 g/mol. The summed E-state index contributed by atoms with van der Waals surface area (Å²) in [6.45, 7) is 4.80. The fourth-order valence-corrected chi connectivity index (χ4v) is 9.57. The second kappa shape index (κ2) is 13.0. The van der Waals surface area contributed by atoms with Gasteiger partial charge in [0, 0.05) is 22.1 Å². The van der Waals surface area contributed by atoms with Crippen LogP contribution in [-0.2, 0) is 5.41 Å². The normalized spacial score (nSPS) is 12.9. The highest BCUT2D eigenvalue weighted by Crippen LogP contribution is 2.55. The lowest BCUT2D eigenvalue weighted by Crippen LogP contribution is -2.17. The van der Waals surface area contributed by atoms with Gasteiger partial charge in [-0.15, -0.1) is 0 Å². The first kappa shape index (κ1) is 33.2. The molecule has 0 bridgehead atoms. The fourth-order valence-electron chi connectivity index (χ4n) is 9.57. The number of hydrogen-bond acceptors (Lipinski definition) is 2. The summed E-state index contributed by atoms with van der Waals surface area (Å²) < 4.78 is 0. The van der Waals surface area contributed by atoms with Gasteiger partial charge < -0.3 is 0 Å². The van der Waals surface area contributed by atoms with Gasteiger partial charge in [0.25, 0.3) is 0 Å². The monoisotopic (exact) mass is 726 g/mol. The van der Waals surface area contributed by atoms with Gasteiger partial charge >= 0.3 is 0 Å². The molecule has 0 saturated heterocycles. The molecule has 2 nitrogen and oxygen atoms in total. The highest BCUT2D eigenvalue weighted by atomic mass is 14.9. The zero-order valence-electron chi connectivity index (χ0n) is 31.9. The average molecular weight is 727 g/mol. The Hall–Kier alpha value is -7.16. The number of aromatic nitrogens is 2. The lowest BCUT2D eigenvalue weighted by atomic mass is 9.77. The first-order valence-corrected chi connectivity index (χ1v) is 19.8. The maximum Gasteiger partial charge on any atom is 0.161 e. The smallest absolute Gasteiger partial charge is 0.161 e. The number of rotatable bonds is 5. The Morgan fingerprint density at radius 3 is 1.56 bits per heavy atom. The van der Waals surface area contributed by atoms with Crippen LogP contribution in [0.4, 0.5) is 0 Å². The molecule has 268 valence electrons. The van der Waals surface area contributed by atoms with Crippen LogP contribution in [0.2, 0.25) is 0 Å². The minimum Gasteiger partial charge on any atom is -0.228 e. The average Bonchev–Trinajstić information content (AvgIpc) is 3.52. The zero-order chi connectivity index (χ0) is 38.1. The van der Waals surface area contributed by atoms with Gasteiger partial charge in [0.05, 0.1) is 11.4 Å². The summed E-state index contributed by atoms with van der Waals surface area (Å²) in [5, 5.41) is 7.28. The van der Waals surface area contributed by atoms with E-state index in [0.717, 1.165) is 50.0 Å². The molecule has 0 amide bonds. The van der Waals surface area contributed by atoms with E-state index in [1.165, 1.54) is 54.9 Å². The Morgan fingerprint density at radius 1 is 0.316 bits per heavy atom. The predicted octanol–water partition coefficient (Wildman–Crippen LogP) is 14.6. The van der Waals surface area contributed by atoms with E-state index in [9.17, 15) is 0 Å². The summed E-state index contributed by atoms with van der Waals surface area (Å²) in [5.41, 5.74) is 15.0. The molecule has 0 spiro atoms. The summed E-state index contributed by atoms with van der Waals surface area (Å²) in [4.78, 5) is 10.8. The Balaban J connectivity index is 1.14. The maximum atomic E-state index is 5.43. The van der Waals surface area contributed by atoms with Crippen LogP contribution < -0.4 is 0 Å². The summed E-state index contributed by atoms with van der Waals surface area (Å²) in [5.74, 6) is 0.711. The third-order valence-electron chi connectivity index (χ3n) is 12.1. The number of fused-ring (bicyclic) bond motifs is 7. The van der Waals surface area contributed by atoms with E-state index in [0.29, 0.717) is 5.82 Å². The van der Waals surface area contributed by atoms with Crippen molar-refractivity contribution in [2.45, 2.75) is 19.3 Å². The second-order valence-corrected chi connectivity index (χ2v) is 15.7. The third-order valence-corrected chi connectivity index (χ3v) is 12.1. The van der Waals surface area contributed by atoms with E-state index in [1.807, 2.05) is 0 Å². The van der Waals surface area contributed by atoms with Crippen molar-refractivity contribution in [2.75, 3.05) is 0 Å². The van der Waals surface area contributed by atoms with Crippen molar-refractivity contribution in [2.24, 2.45) is 0 Å². The van der Waals surface area contributed by atoms with Gasteiger partial charge in [-0.2, -0.15) is 0 Å². The Morgan fingerprint density at radius 2 is 0.789 bits per heavy atom. The minimum absolute atomic E-state index is 0.192. The molecule has 0 fully saturated rings. The van der Waals surface area contributed by atoms with E-state index in [-0.39, 0.29) is 5.41 Å². The number of hydrogen-bond donors (Lipinski definition) is 0. The van der Waals surface area contributed by atoms with Crippen molar-refractivity contribution in [3.63, 3.8) is 0 Å². The number of benzene rings is 9. The van der Waals surface area contributed by atoms with Crippen LogP contribution in [0, 0.1) is 0 Å². The van der Waals surface area contributed by atoms with E-state index in [2.05, 4.69) is 208 Å². The van der Waals surface area contributed by atoms with E-state index in [4.69, 9.17) is 9.97 Å². The Kier molecular flexibility index (Phi) is 7.55. The van der Waals surface area contributed by atoms with Crippen LogP contribution in [0.1, 0.15) is 25.0 Å². The molecule has 0 atom stereocenters. The van der Waals surface area contributed by atoms with Gasteiger partial charge in [-0.1, -0.05) is 202 Å². The molecular formula is C55H38N2. The summed E-state index contributed by atoms with van der Waals surface area (Å²) >= 11 is 0. The molecule has 0 N–H and O–H groups in total. The van der Waals surface area contributed by atoms with Crippen LogP contribution >= 0.6 is 0 Å². The van der Waals surface area contributed by atoms with Crippen molar-refractivity contribution in [1.82, 2.24) is 9.97 Å². The van der Waals surface area contributed by atoms with Crippen LogP contribution in [0.15, 0.2) is 194 Å². The standard InChI is InChI=1S/C55H38N2/c1-55(2)52-40-23-9-7-19-37(40)30-31-48(52)47-28-15-27-46(53(47)55)43-32-33-45(42-25-12-11-24-41(42)43)51-34-50(44-26-13-10-21-38(44)35-16-4-3-5-17-35)56-54(57-51)49-29-14-20-36-18-6-8-22-39(36)49/h3-34H,1-2H3. The number of nitrogens with zero attached hydrogens (tertiary/aromatic N) is 2. The first-order valence-electron chi connectivity index (χ1n) is 19.8. The molecule has 0 unspecified atom stereocenters. The van der Waals surface area contributed by atoms with Gasteiger partial charge in [0.1, 0.15) is 0 Å². The van der Waals surface area contributed by atoms with Crippen LogP contribution in [0.25, 0.3) is 99.6 Å². The third kappa shape index (κ3) is 5.25. The van der Waals surface area contributed by atoms with Crippen LogP contribution in [-0.4, -0.2) is 9.97 Å². The molecule has 0 saturated carbocycles. The maximum absolute atomic E-state index is 5.43. The van der Waals surface area contributed by atoms with Crippen molar-refractivity contribution in [3.05, 3.63) is 205 Å². The molecule has 1 heterocycles. The summed E-state index contributed by atoms with van der Waals surface area (Å²) in [6, 6.07) is 70.0. The largest absolute Gasteiger partial charge is 0.228 e. The van der Waals surface area contributed by atoms with Crippen molar-refractivity contribution < 1.29 is 0 Å². The van der Waals surface area contributed by atoms with Crippen molar-refractivity contribution in [1.29, 1.82) is 0 Å². The highest BCUT2D eigenvalue weighted by molar-refractivity contribution is 6.08. The molecule has 57 heavy (non-hydrogen) atoms. The lowest BCUT2D eigenvalue weighted by molar-refractivity contribution is 0.668. The van der Waals surface area contributed by atoms with E-state index < -0.39 is 0 Å². The Labute approximate surface area is 332 Å². The minimum atomic E-state index is -0.192. The van der Waals surface area contributed by atoms with Gasteiger partial charge in [-0.3, -0.25) is 0 Å². The van der Waals surface area contributed by atoms with Gasteiger partial charge in [-0.05, 0) is 82.9 Å². The quantitative estimate of drug-likeness (QED) is 0.176. The van der Waals surface area contributed by atoms with Gasteiger partial charge in [-0.25, -0.2) is 9.97 Å². The summed E-state index contributed by atoms with van der Waals surface area (Å²) in [7, 11) is 0. The second-order valence-electron chi connectivity index (χ2n) is 15.7. The molecule has 0 aliphatic heterocycles. The molecule has 11 rings (SSSR count).